The average Bonchev–Trinajstić information content (AvgIpc) is 2.45. The van der Waals surface area contributed by atoms with Crippen LogP contribution in [0, 0.1) is 6.92 Å². The Hall–Kier alpha value is -1.92. The summed E-state index contributed by atoms with van der Waals surface area (Å²) in [5.41, 5.74) is -0.660. The van der Waals surface area contributed by atoms with Gasteiger partial charge < -0.3 is 10.1 Å². The van der Waals surface area contributed by atoms with Gasteiger partial charge in [0, 0.05) is 5.02 Å². The minimum Gasteiger partial charge on any atom is -0.482 e. The van der Waals surface area contributed by atoms with Crippen molar-refractivity contribution in [1.29, 1.82) is 0 Å². The Morgan fingerprint density at radius 2 is 1.88 bits per heavy atom. The van der Waals surface area contributed by atoms with Crippen molar-refractivity contribution in [2.24, 2.45) is 0 Å². The van der Waals surface area contributed by atoms with Crippen LogP contribution in [-0.2, 0) is 11.0 Å². The SMILES string of the molecule is Cc1cc(Cl)cc(Cl)c1OCC(=O)Nc1ccccc1C(F)(F)F. The predicted molar refractivity (Wildman–Crippen MR) is 86.8 cm³/mol. The van der Waals surface area contributed by atoms with Crippen LogP contribution in [0.25, 0.3) is 0 Å². The number of halogens is 5. The molecule has 0 fully saturated rings. The first-order valence-electron chi connectivity index (χ1n) is 6.73. The van der Waals surface area contributed by atoms with Gasteiger partial charge in [-0.15, -0.1) is 0 Å². The van der Waals surface area contributed by atoms with Crippen molar-refractivity contribution >= 4 is 34.8 Å². The van der Waals surface area contributed by atoms with E-state index in [0.717, 1.165) is 6.07 Å². The number of rotatable bonds is 4. The highest BCUT2D eigenvalue weighted by atomic mass is 35.5. The third kappa shape index (κ3) is 4.55. The van der Waals surface area contributed by atoms with Gasteiger partial charge in [0.1, 0.15) is 5.75 Å². The quantitative estimate of drug-likeness (QED) is 0.780. The molecule has 0 atom stereocenters. The van der Waals surface area contributed by atoms with Gasteiger partial charge in [-0.3, -0.25) is 4.79 Å². The van der Waals surface area contributed by atoms with Crippen LogP contribution in [0.15, 0.2) is 36.4 Å². The number of ether oxygens (including phenoxy) is 1. The second kappa shape index (κ2) is 7.32. The Kier molecular flexibility index (Phi) is 5.62. The maximum absolute atomic E-state index is 12.9. The summed E-state index contributed by atoms with van der Waals surface area (Å²) in [6.45, 7) is 1.19. The smallest absolute Gasteiger partial charge is 0.418 e. The predicted octanol–water partition coefficient (Wildman–Crippen LogP) is 5.34. The Balaban J connectivity index is 2.08. The molecule has 0 aliphatic carbocycles. The molecule has 2 rings (SSSR count). The Morgan fingerprint density at radius 1 is 1.21 bits per heavy atom. The average molecular weight is 378 g/mol. The molecule has 0 spiro atoms. The molecule has 0 bridgehead atoms. The van der Waals surface area contributed by atoms with Gasteiger partial charge >= 0.3 is 6.18 Å². The molecular weight excluding hydrogens is 366 g/mol. The molecule has 1 amide bonds. The normalized spacial score (nSPS) is 11.2. The van der Waals surface area contributed by atoms with Crippen LogP contribution in [0.4, 0.5) is 18.9 Å². The van der Waals surface area contributed by atoms with Crippen LogP contribution < -0.4 is 10.1 Å². The van der Waals surface area contributed by atoms with Gasteiger partial charge in [0.15, 0.2) is 6.61 Å². The van der Waals surface area contributed by atoms with Crippen molar-refractivity contribution in [3.63, 3.8) is 0 Å². The van der Waals surface area contributed by atoms with Crippen molar-refractivity contribution in [3.8, 4) is 5.75 Å². The Bertz CT molecular complexity index is 740. The first-order valence-corrected chi connectivity index (χ1v) is 7.48. The van der Waals surface area contributed by atoms with Crippen molar-refractivity contribution in [2.75, 3.05) is 11.9 Å². The van der Waals surface area contributed by atoms with Gasteiger partial charge in [-0.25, -0.2) is 0 Å². The van der Waals surface area contributed by atoms with Crippen LogP contribution in [0.5, 0.6) is 5.75 Å². The van der Waals surface area contributed by atoms with E-state index in [4.69, 9.17) is 27.9 Å². The topological polar surface area (TPSA) is 38.3 Å². The van der Waals surface area contributed by atoms with Crippen LogP contribution in [0.3, 0.4) is 0 Å². The zero-order chi connectivity index (χ0) is 17.9. The van der Waals surface area contributed by atoms with Gasteiger partial charge in [-0.2, -0.15) is 13.2 Å². The summed E-state index contributed by atoms with van der Waals surface area (Å²) in [4.78, 5) is 11.9. The standard InChI is InChI=1S/C16H12Cl2F3NO2/c1-9-6-10(17)7-12(18)15(9)24-8-14(23)22-13-5-3-2-4-11(13)16(19,20)21/h2-7H,8H2,1H3,(H,22,23). The first kappa shape index (κ1) is 18.4. The minimum absolute atomic E-state index is 0.212. The number of carbonyl (C=O) groups is 1. The lowest BCUT2D eigenvalue weighted by Crippen LogP contribution is -2.22. The molecule has 128 valence electrons. The molecule has 0 aliphatic rings. The number of aryl methyl sites for hydroxylation is 1. The van der Waals surface area contributed by atoms with E-state index in [-0.39, 0.29) is 16.5 Å². The van der Waals surface area contributed by atoms with Gasteiger partial charge in [0.05, 0.1) is 16.3 Å². The van der Waals surface area contributed by atoms with Gasteiger partial charge in [0.2, 0.25) is 0 Å². The zero-order valence-corrected chi connectivity index (χ0v) is 13.9. The van der Waals surface area contributed by atoms with E-state index in [9.17, 15) is 18.0 Å². The molecule has 0 saturated heterocycles. The Labute approximate surface area is 146 Å². The van der Waals surface area contributed by atoms with Crippen LogP contribution in [0.2, 0.25) is 10.0 Å². The van der Waals surface area contributed by atoms with E-state index < -0.39 is 24.3 Å². The number of hydrogen-bond donors (Lipinski definition) is 1. The lowest BCUT2D eigenvalue weighted by molar-refractivity contribution is -0.137. The van der Waals surface area contributed by atoms with Crippen molar-refractivity contribution in [1.82, 2.24) is 0 Å². The summed E-state index contributed by atoms with van der Waals surface area (Å²) in [5, 5.41) is 2.81. The van der Waals surface area contributed by atoms with Crippen LogP contribution in [-0.4, -0.2) is 12.5 Å². The summed E-state index contributed by atoms with van der Waals surface area (Å²) in [5.74, 6) is -0.488. The summed E-state index contributed by atoms with van der Waals surface area (Å²) >= 11 is 11.8. The van der Waals surface area contributed by atoms with E-state index in [2.05, 4.69) is 5.32 Å². The molecule has 0 aliphatic heterocycles. The van der Waals surface area contributed by atoms with E-state index in [1.54, 1.807) is 13.0 Å². The summed E-state index contributed by atoms with van der Waals surface area (Å²) in [7, 11) is 0. The molecule has 1 N–H and O–H groups in total. The summed E-state index contributed by atoms with van der Waals surface area (Å²) in [6, 6.07) is 7.73. The fourth-order valence-corrected chi connectivity index (χ4v) is 2.68. The largest absolute Gasteiger partial charge is 0.482 e. The number of carbonyl (C=O) groups excluding carboxylic acids is 1. The lowest BCUT2D eigenvalue weighted by atomic mass is 10.1. The second-order valence-corrected chi connectivity index (χ2v) is 5.76. The number of nitrogens with one attached hydrogen (secondary N) is 1. The van der Waals surface area contributed by atoms with Gasteiger partial charge in [-0.05, 0) is 36.8 Å². The molecule has 24 heavy (non-hydrogen) atoms. The van der Waals surface area contributed by atoms with Crippen LogP contribution >= 0.6 is 23.2 Å². The third-order valence-electron chi connectivity index (χ3n) is 3.05. The highest BCUT2D eigenvalue weighted by Crippen LogP contribution is 2.35. The number of hydrogen-bond acceptors (Lipinski definition) is 2. The molecule has 0 aromatic heterocycles. The molecule has 0 saturated carbocycles. The van der Waals surface area contributed by atoms with Crippen molar-refractivity contribution < 1.29 is 22.7 Å². The molecule has 2 aromatic rings. The molecule has 0 radical (unpaired) electrons. The lowest BCUT2D eigenvalue weighted by Gasteiger charge is -2.14. The zero-order valence-electron chi connectivity index (χ0n) is 12.4. The molecule has 2 aromatic carbocycles. The van der Waals surface area contributed by atoms with Crippen LogP contribution in [0.1, 0.15) is 11.1 Å². The van der Waals surface area contributed by atoms with E-state index in [1.165, 1.54) is 24.3 Å². The number of anilines is 1. The number of amides is 1. The van der Waals surface area contributed by atoms with Gasteiger partial charge in [-0.1, -0.05) is 35.3 Å². The first-order chi connectivity index (χ1) is 11.2. The molecule has 8 heteroatoms. The molecular formula is C16H12Cl2F3NO2. The minimum atomic E-state index is -4.57. The second-order valence-electron chi connectivity index (χ2n) is 4.91. The van der Waals surface area contributed by atoms with Gasteiger partial charge in [0.25, 0.3) is 5.91 Å². The maximum Gasteiger partial charge on any atom is 0.418 e. The number of alkyl halides is 3. The fourth-order valence-electron chi connectivity index (χ4n) is 2.04. The molecule has 0 heterocycles. The maximum atomic E-state index is 12.9. The van der Waals surface area contributed by atoms with Crippen molar-refractivity contribution in [3.05, 3.63) is 57.6 Å². The van der Waals surface area contributed by atoms with E-state index in [1.807, 2.05) is 0 Å². The third-order valence-corrected chi connectivity index (χ3v) is 3.55. The molecule has 0 unspecified atom stereocenters. The number of para-hydroxylation sites is 1. The summed E-state index contributed by atoms with van der Waals surface area (Å²) in [6.07, 6.45) is -4.57. The summed E-state index contributed by atoms with van der Waals surface area (Å²) < 4.78 is 43.9. The fraction of sp³-hybridized carbons (Fsp3) is 0.188. The van der Waals surface area contributed by atoms with E-state index >= 15 is 0 Å². The monoisotopic (exact) mass is 377 g/mol. The molecule has 3 nitrogen and oxygen atoms in total. The van der Waals surface area contributed by atoms with E-state index in [0.29, 0.717) is 10.6 Å². The highest BCUT2D eigenvalue weighted by Gasteiger charge is 2.33. The Morgan fingerprint density at radius 3 is 2.50 bits per heavy atom. The van der Waals surface area contributed by atoms with Crippen molar-refractivity contribution in [2.45, 2.75) is 13.1 Å². The number of benzene rings is 2. The highest BCUT2D eigenvalue weighted by molar-refractivity contribution is 6.35.